The van der Waals surface area contributed by atoms with Gasteiger partial charge < -0.3 is 24.4 Å². The quantitative estimate of drug-likeness (QED) is 0.174. The number of unbranched alkanes of at least 4 members (excludes halogenated alkanes) is 3. The molecule has 2 unspecified atom stereocenters. The van der Waals surface area contributed by atoms with Crippen LogP contribution in [0.3, 0.4) is 0 Å². The summed E-state index contributed by atoms with van der Waals surface area (Å²) in [5.41, 5.74) is 1.44. The van der Waals surface area contributed by atoms with Gasteiger partial charge in [0.25, 0.3) is 0 Å². The smallest absolute Gasteiger partial charge is 0.220 e. The summed E-state index contributed by atoms with van der Waals surface area (Å²) in [6.07, 6.45) is 4.45. The topological polar surface area (TPSA) is 137 Å². The van der Waals surface area contributed by atoms with E-state index in [1.165, 1.54) is 0 Å². The van der Waals surface area contributed by atoms with Crippen LogP contribution in [0.4, 0.5) is 5.69 Å². The van der Waals surface area contributed by atoms with Crippen molar-refractivity contribution < 1.29 is 27.4 Å². The molecule has 0 saturated heterocycles. The molecular weight excluding hydrogens is 477 g/mol. The zero-order chi connectivity index (χ0) is 25.6. The van der Waals surface area contributed by atoms with Gasteiger partial charge in [0.1, 0.15) is 0 Å². The first-order chi connectivity index (χ1) is 15.9. The molecule has 0 aromatic heterocycles. The second kappa shape index (κ2) is 15.3. The number of nitrogens with one attached hydrogen (secondary N) is 3. The molecule has 2 atom stereocenters. The molecule has 0 spiro atoms. The number of hydrogen-bond donors (Lipinski definition) is 3. The molecule has 194 valence electrons. The second-order valence-electron chi connectivity index (χ2n) is 9.25. The van der Waals surface area contributed by atoms with E-state index in [0.29, 0.717) is 31.8 Å². The van der Waals surface area contributed by atoms with Crippen molar-refractivity contribution in [3.05, 3.63) is 29.8 Å². The van der Waals surface area contributed by atoms with Gasteiger partial charge in [-0.2, -0.15) is 0 Å². The van der Waals surface area contributed by atoms with Gasteiger partial charge >= 0.3 is 0 Å². The van der Waals surface area contributed by atoms with E-state index in [9.17, 15) is 22.9 Å². The van der Waals surface area contributed by atoms with Crippen LogP contribution in [0.15, 0.2) is 24.3 Å². The van der Waals surface area contributed by atoms with Gasteiger partial charge in [-0.15, -0.1) is 0 Å². The molecule has 0 aliphatic carbocycles. The maximum absolute atomic E-state index is 12.4. The van der Waals surface area contributed by atoms with E-state index in [-0.39, 0.29) is 29.8 Å². The van der Waals surface area contributed by atoms with Crippen LogP contribution in [0, 0.1) is 0 Å². The van der Waals surface area contributed by atoms with Gasteiger partial charge in [-0.1, -0.05) is 45.7 Å². The maximum Gasteiger partial charge on any atom is 0.220 e. The lowest BCUT2D eigenvalue weighted by Crippen LogP contribution is -2.29. The van der Waals surface area contributed by atoms with Gasteiger partial charge in [-0.25, -0.2) is 0 Å². The van der Waals surface area contributed by atoms with E-state index >= 15 is 0 Å². The van der Waals surface area contributed by atoms with Gasteiger partial charge in [-0.3, -0.25) is 18.4 Å². The number of carbonyl (C=O) groups is 2. The maximum atomic E-state index is 12.4. The van der Waals surface area contributed by atoms with Crippen molar-refractivity contribution in [1.82, 2.24) is 10.6 Å². The van der Waals surface area contributed by atoms with E-state index in [0.717, 1.165) is 31.2 Å². The van der Waals surface area contributed by atoms with Gasteiger partial charge in [0, 0.05) is 54.7 Å². The van der Waals surface area contributed by atoms with E-state index in [1.807, 2.05) is 20.8 Å². The normalized spacial score (nSPS) is 14.1. The first-order valence-corrected chi connectivity index (χ1v) is 14.8. The van der Waals surface area contributed by atoms with Crippen molar-refractivity contribution >= 4 is 36.1 Å². The van der Waals surface area contributed by atoms with Gasteiger partial charge in [-0.05, 0) is 37.0 Å². The van der Waals surface area contributed by atoms with Crippen molar-refractivity contribution in [2.75, 3.05) is 31.1 Å². The minimum Gasteiger partial charge on any atom is -0.755 e. The lowest BCUT2D eigenvalue weighted by molar-refractivity contribution is -0.126. The van der Waals surface area contributed by atoms with Crippen LogP contribution < -0.4 is 15.4 Å². The highest BCUT2D eigenvalue weighted by atomic mass is 32.2. The molecule has 1 rings (SSSR count). The highest BCUT2D eigenvalue weighted by Crippen LogP contribution is 2.55. The Balaban J connectivity index is 2.04. The predicted octanol–water partition coefficient (Wildman–Crippen LogP) is 3.73. The number of benzene rings is 1. The molecule has 0 heterocycles. The Morgan fingerprint density at radius 3 is 2.09 bits per heavy atom. The number of amides is 2. The average molecular weight is 517 g/mol. The summed E-state index contributed by atoms with van der Waals surface area (Å²) in [5.74, 6) is -0.326. The molecule has 0 aliphatic rings. The summed E-state index contributed by atoms with van der Waals surface area (Å²) in [4.78, 5) is 23.8. The number of anilines is 1. The van der Waals surface area contributed by atoms with Crippen molar-refractivity contribution in [2.45, 2.75) is 70.9 Å². The fourth-order valence-electron chi connectivity index (χ4n) is 2.83. The molecule has 2 amide bonds. The Bertz CT molecular complexity index is 842. The van der Waals surface area contributed by atoms with Crippen molar-refractivity contribution in [3.8, 4) is 0 Å². The van der Waals surface area contributed by atoms with Gasteiger partial charge in [0.15, 0.2) is 0 Å². The summed E-state index contributed by atoms with van der Waals surface area (Å²) in [6, 6.07) is 6.88. The predicted molar refractivity (Wildman–Crippen MR) is 136 cm³/mol. The van der Waals surface area contributed by atoms with Crippen molar-refractivity contribution in [2.24, 2.45) is 0 Å². The fraction of sp³-hybridized carbons (Fsp3) is 0.652. The monoisotopic (exact) mass is 516 g/mol. The molecule has 1 aromatic carbocycles. The van der Waals surface area contributed by atoms with Crippen LogP contribution in [-0.2, 0) is 36.4 Å². The van der Waals surface area contributed by atoms with E-state index in [4.69, 9.17) is 4.52 Å². The SMILES string of the molecule is CC(C)(C)P(C)(=O)OCCCCCCNC(=O)CCC(=O)NCCc1ccc(NS(=O)[O-])cc1. The van der Waals surface area contributed by atoms with Crippen LogP contribution in [0.5, 0.6) is 0 Å². The molecule has 9 nitrogen and oxygen atoms in total. The van der Waals surface area contributed by atoms with Crippen LogP contribution in [0.2, 0.25) is 0 Å². The fourth-order valence-corrected chi connectivity index (χ4v) is 4.02. The van der Waals surface area contributed by atoms with Gasteiger partial charge in [0.2, 0.25) is 19.2 Å². The summed E-state index contributed by atoms with van der Waals surface area (Å²) >= 11 is -2.35. The van der Waals surface area contributed by atoms with Crippen molar-refractivity contribution in [3.63, 3.8) is 0 Å². The Morgan fingerprint density at radius 2 is 1.53 bits per heavy atom. The minimum atomic E-state index is -2.61. The third-order valence-electron chi connectivity index (χ3n) is 5.42. The highest BCUT2D eigenvalue weighted by molar-refractivity contribution is 7.80. The third kappa shape index (κ3) is 13.2. The minimum absolute atomic E-state index is 0.131. The van der Waals surface area contributed by atoms with Crippen LogP contribution in [0.25, 0.3) is 0 Å². The summed E-state index contributed by atoms with van der Waals surface area (Å²) < 4.78 is 41.4. The molecule has 11 heteroatoms. The number of carbonyl (C=O) groups excluding carboxylic acids is 2. The summed E-state index contributed by atoms with van der Waals surface area (Å²) in [6.45, 7) is 8.94. The highest BCUT2D eigenvalue weighted by Gasteiger charge is 2.32. The van der Waals surface area contributed by atoms with E-state index in [1.54, 1.807) is 30.9 Å². The van der Waals surface area contributed by atoms with Crippen molar-refractivity contribution in [1.29, 1.82) is 0 Å². The zero-order valence-electron chi connectivity index (χ0n) is 20.7. The molecule has 34 heavy (non-hydrogen) atoms. The van der Waals surface area contributed by atoms with Gasteiger partial charge in [0.05, 0.1) is 6.61 Å². The average Bonchev–Trinajstić information content (AvgIpc) is 2.74. The Labute approximate surface area is 206 Å². The van der Waals surface area contributed by atoms with Crippen LogP contribution in [-0.4, -0.2) is 52.1 Å². The molecule has 3 N–H and O–H groups in total. The number of rotatable bonds is 16. The Morgan fingerprint density at radius 1 is 0.971 bits per heavy atom. The molecule has 0 saturated carbocycles. The first-order valence-electron chi connectivity index (χ1n) is 11.6. The zero-order valence-corrected chi connectivity index (χ0v) is 22.4. The Hall–Kier alpha value is -1.74. The lowest BCUT2D eigenvalue weighted by atomic mass is 10.1. The molecule has 0 bridgehead atoms. The largest absolute Gasteiger partial charge is 0.755 e. The Kier molecular flexibility index (Phi) is 13.6. The summed E-state index contributed by atoms with van der Waals surface area (Å²) in [7, 11) is -2.61. The molecule has 0 fully saturated rings. The second-order valence-corrected chi connectivity index (χ2v) is 13.2. The lowest BCUT2D eigenvalue weighted by Gasteiger charge is -2.27. The van der Waals surface area contributed by atoms with Crippen LogP contribution >= 0.6 is 7.37 Å². The molecular formula is C23H39N3O6PS-. The third-order valence-corrected chi connectivity index (χ3v) is 8.93. The molecule has 0 radical (unpaired) electrons. The first kappa shape index (κ1) is 30.3. The van der Waals surface area contributed by atoms with E-state index < -0.39 is 18.6 Å². The summed E-state index contributed by atoms with van der Waals surface area (Å²) in [5, 5.41) is 5.27. The molecule has 1 aromatic rings. The van der Waals surface area contributed by atoms with Crippen LogP contribution in [0.1, 0.15) is 64.9 Å². The number of hydrogen-bond acceptors (Lipinski definition) is 6. The molecule has 0 aliphatic heterocycles. The van der Waals surface area contributed by atoms with E-state index in [2.05, 4.69) is 15.4 Å². The standard InChI is InChI=1S/C23H40N3O6PS/c1-23(2,3)33(4,29)32-18-8-6-5-7-16-24-21(27)13-14-22(28)25-17-15-19-9-11-20(12-10-19)26-34(30)31/h9-12,26H,5-8,13-18H2,1-4H3,(H,24,27)(H,25,28)(H,30,31)/p-1.